The van der Waals surface area contributed by atoms with Gasteiger partial charge in [0.25, 0.3) is 0 Å². The number of carbonyl (C=O) groups excluding carboxylic acids is 1. The molecular formula is C11H10O5. The van der Waals surface area contributed by atoms with E-state index < -0.39 is 6.16 Å². The zero-order chi connectivity index (χ0) is 12.1. The molecule has 0 fully saturated rings. The zero-order valence-corrected chi connectivity index (χ0v) is 8.51. The number of carbonyl (C=O) groups is 2. The smallest absolute Gasteiger partial charge is 0.496 e. The highest BCUT2D eigenvalue weighted by Gasteiger charge is 2.10. The van der Waals surface area contributed by atoms with Crippen LogP contribution in [0.4, 0.5) is 4.79 Å². The van der Waals surface area contributed by atoms with Crippen LogP contribution < -0.4 is 4.74 Å². The molecule has 0 spiro atoms. The van der Waals surface area contributed by atoms with E-state index in [0.717, 1.165) is 17.4 Å². The molecule has 1 aliphatic carbocycles. The highest BCUT2D eigenvalue weighted by molar-refractivity contribution is 5.91. The zero-order valence-electron chi connectivity index (χ0n) is 8.51. The molecule has 16 heavy (non-hydrogen) atoms. The molecule has 2 N–H and O–H groups in total. The fourth-order valence-corrected chi connectivity index (χ4v) is 1.27. The average Bonchev–Trinajstić information content (AvgIpc) is 2.19. The van der Waals surface area contributed by atoms with E-state index in [-0.39, 0.29) is 0 Å². The molecule has 2 rings (SSSR count). The van der Waals surface area contributed by atoms with Crippen molar-refractivity contribution >= 4 is 24.6 Å². The van der Waals surface area contributed by atoms with Crippen LogP contribution in [0.3, 0.4) is 0 Å². The summed E-state index contributed by atoms with van der Waals surface area (Å²) in [7, 11) is 1.57. The van der Waals surface area contributed by atoms with Crippen LogP contribution in [-0.2, 0) is 0 Å². The van der Waals surface area contributed by atoms with E-state index >= 15 is 0 Å². The molecule has 0 bridgehead atoms. The molecule has 0 radical (unpaired) electrons. The van der Waals surface area contributed by atoms with Gasteiger partial charge in [-0.2, -0.15) is 0 Å². The number of methoxy groups -OCH3 is 1. The second kappa shape index (κ2) is 4.97. The molecule has 1 aromatic carbocycles. The molecule has 1 aliphatic rings. The molecule has 0 saturated heterocycles. The Bertz CT molecular complexity index is 444. The number of benzene rings is 1. The lowest BCUT2D eigenvalue weighted by Crippen LogP contribution is -1.96. The van der Waals surface area contributed by atoms with Gasteiger partial charge < -0.3 is 14.9 Å². The summed E-state index contributed by atoms with van der Waals surface area (Å²) in [4.78, 5) is 19.1. The third-order valence-electron chi connectivity index (χ3n) is 2.00. The monoisotopic (exact) mass is 222 g/mol. The Balaban J connectivity index is 0.000000280. The Morgan fingerprint density at radius 2 is 1.75 bits per heavy atom. The van der Waals surface area contributed by atoms with Crippen LogP contribution in [0.2, 0.25) is 0 Å². The Morgan fingerprint density at radius 1 is 1.25 bits per heavy atom. The predicted octanol–water partition coefficient (Wildman–Crippen LogP) is 2.21. The van der Waals surface area contributed by atoms with Gasteiger partial charge in [-0.15, -0.1) is 0 Å². The van der Waals surface area contributed by atoms with E-state index in [1.807, 2.05) is 24.3 Å². The second-order valence-corrected chi connectivity index (χ2v) is 2.96. The van der Waals surface area contributed by atoms with Crippen molar-refractivity contribution < 1.29 is 24.5 Å². The maximum absolute atomic E-state index is 10.6. The number of aldehydes is 1. The van der Waals surface area contributed by atoms with Crippen LogP contribution in [0.15, 0.2) is 12.1 Å². The van der Waals surface area contributed by atoms with Gasteiger partial charge in [0.15, 0.2) is 6.29 Å². The van der Waals surface area contributed by atoms with E-state index in [9.17, 15) is 4.79 Å². The number of ether oxygens (including phenoxy) is 1. The fourth-order valence-electron chi connectivity index (χ4n) is 1.27. The standard InChI is InChI=1S/C10H8O2.CH2O3/c1-12-10-5-8-3-2-7(8)4-9(10)6-11;2-1(3)4/h2-6H,1H3;(H2,2,3,4). The molecule has 0 aromatic heterocycles. The number of hydrogen-bond acceptors (Lipinski definition) is 3. The van der Waals surface area contributed by atoms with Crippen molar-refractivity contribution in [2.24, 2.45) is 0 Å². The van der Waals surface area contributed by atoms with Crippen molar-refractivity contribution in [2.45, 2.75) is 0 Å². The number of hydrogen-bond donors (Lipinski definition) is 2. The third kappa shape index (κ3) is 2.60. The summed E-state index contributed by atoms with van der Waals surface area (Å²) < 4.78 is 5.04. The highest BCUT2D eigenvalue weighted by atomic mass is 16.6. The quantitative estimate of drug-likeness (QED) is 0.761. The molecule has 0 saturated carbocycles. The molecule has 5 heteroatoms. The van der Waals surface area contributed by atoms with E-state index in [0.29, 0.717) is 11.3 Å². The topological polar surface area (TPSA) is 83.8 Å². The van der Waals surface area contributed by atoms with Crippen molar-refractivity contribution in [3.05, 3.63) is 28.8 Å². The maximum atomic E-state index is 10.6. The first-order valence-corrected chi connectivity index (χ1v) is 4.35. The minimum Gasteiger partial charge on any atom is -0.496 e. The van der Waals surface area contributed by atoms with Crippen molar-refractivity contribution in [1.82, 2.24) is 0 Å². The lowest BCUT2D eigenvalue weighted by atomic mass is 9.95. The van der Waals surface area contributed by atoms with Crippen molar-refractivity contribution in [1.29, 1.82) is 0 Å². The molecule has 5 nitrogen and oxygen atoms in total. The highest BCUT2D eigenvalue weighted by Crippen LogP contribution is 2.30. The molecule has 0 aliphatic heterocycles. The first-order chi connectivity index (χ1) is 7.58. The van der Waals surface area contributed by atoms with Gasteiger partial charge in [0.05, 0.1) is 12.7 Å². The Kier molecular flexibility index (Phi) is 3.66. The van der Waals surface area contributed by atoms with Crippen molar-refractivity contribution in [2.75, 3.05) is 7.11 Å². The summed E-state index contributed by atoms with van der Waals surface area (Å²) in [6.07, 6.45) is 2.94. The van der Waals surface area contributed by atoms with E-state index in [1.165, 1.54) is 0 Å². The van der Waals surface area contributed by atoms with Crippen LogP contribution in [0.25, 0.3) is 12.2 Å². The number of fused-ring (bicyclic) bond motifs is 1. The summed E-state index contributed by atoms with van der Waals surface area (Å²) in [5.41, 5.74) is 2.86. The van der Waals surface area contributed by atoms with Crippen LogP contribution in [0.1, 0.15) is 21.5 Å². The lowest BCUT2D eigenvalue weighted by Gasteiger charge is -2.13. The van der Waals surface area contributed by atoms with Crippen molar-refractivity contribution in [3.8, 4) is 5.75 Å². The van der Waals surface area contributed by atoms with Crippen LogP contribution in [-0.4, -0.2) is 29.8 Å². The first-order valence-electron chi connectivity index (χ1n) is 4.35. The summed E-state index contributed by atoms with van der Waals surface area (Å²) in [6.45, 7) is 0. The third-order valence-corrected chi connectivity index (χ3v) is 2.00. The van der Waals surface area contributed by atoms with Gasteiger partial charge in [0.2, 0.25) is 0 Å². The van der Waals surface area contributed by atoms with E-state index in [1.54, 1.807) is 7.11 Å². The minimum atomic E-state index is -1.83. The largest absolute Gasteiger partial charge is 0.503 e. The lowest BCUT2D eigenvalue weighted by molar-refractivity contribution is 0.112. The van der Waals surface area contributed by atoms with E-state index in [4.69, 9.17) is 19.7 Å². The van der Waals surface area contributed by atoms with Gasteiger partial charge >= 0.3 is 6.16 Å². The maximum Gasteiger partial charge on any atom is 0.503 e. The first kappa shape index (κ1) is 11.8. The number of rotatable bonds is 2. The van der Waals surface area contributed by atoms with Crippen LogP contribution >= 0.6 is 0 Å². The predicted molar refractivity (Wildman–Crippen MR) is 58.0 cm³/mol. The Hall–Kier alpha value is -2.30. The molecular weight excluding hydrogens is 212 g/mol. The van der Waals surface area contributed by atoms with Gasteiger partial charge in [-0.1, -0.05) is 12.2 Å². The van der Waals surface area contributed by atoms with Gasteiger partial charge in [-0.05, 0) is 23.3 Å². The Labute approximate surface area is 91.6 Å². The van der Waals surface area contributed by atoms with Gasteiger partial charge in [0.1, 0.15) is 5.75 Å². The second-order valence-electron chi connectivity index (χ2n) is 2.96. The van der Waals surface area contributed by atoms with Gasteiger partial charge in [-0.25, -0.2) is 4.79 Å². The van der Waals surface area contributed by atoms with Crippen LogP contribution in [0.5, 0.6) is 5.75 Å². The molecule has 0 unspecified atom stereocenters. The Morgan fingerprint density at radius 3 is 2.12 bits per heavy atom. The molecule has 0 atom stereocenters. The van der Waals surface area contributed by atoms with E-state index in [2.05, 4.69) is 0 Å². The summed E-state index contributed by atoms with van der Waals surface area (Å²) in [5.74, 6) is 0.646. The summed E-state index contributed by atoms with van der Waals surface area (Å²) >= 11 is 0. The SMILES string of the molecule is COc1cc2c(cc1C=O)C=C2.O=C(O)O. The molecule has 0 heterocycles. The van der Waals surface area contributed by atoms with Crippen LogP contribution in [0, 0.1) is 0 Å². The summed E-state index contributed by atoms with van der Waals surface area (Å²) in [6, 6.07) is 3.71. The molecule has 84 valence electrons. The van der Waals surface area contributed by atoms with Crippen molar-refractivity contribution in [3.63, 3.8) is 0 Å². The van der Waals surface area contributed by atoms with Gasteiger partial charge in [-0.3, -0.25) is 4.79 Å². The number of carboxylic acid groups (broad SMARTS) is 2. The summed E-state index contributed by atoms with van der Waals surface area (Å²) in [5, 5.41) is 13.9. The molecule has 0 amide bonds. The normalized spacial score (nSPS) is 10.3. The minimum absolute atomic E-state index is 0.612. The van der Waals surface area contributed by atoms with Gasteiger partial charge in [0, 0.05) is 0 Å². The average molecular weight is 222 g/mol. The fraction of sp³-hybridized carbons (Fsp3) is 0.0909. The molecule has 1 aromatic rings.